The Morgan fingerprint density at radius 2 is 1.81 bits per heavy atom. The predicted octanol–water partition coefficient (Wildman–Crippen LogP) is 3.41. The van der Waals surface area contributed by atoms with Crippen LogP contribution in [0.3, 0.4) is 0 Å². The molecule has 0 aliphatic rings. The second-order valence-corrected chi connectivity index (χ2v) is 8.39. The first kappa shape index (κ1) is 16.5. The summed E-state index contributed by atoms with van der Waals surface area (Å²) < 4.78 is 24.6. The molecule has 0 fully saturated rings. The lowest BCUT2D eigenvalue weighted by molar-refractivity contribution is 0.0862. The molecule has 0 saturated heterocycles. The second kappa shape index (κ2) is 6.12. The Hall–Kier alpha value is -0.830. The van der Waals surface area contributed by atoms with Gasteiger partial charge in [-0.05, 0) is 30.3 Å². The second-order valence-electron chi connectivity index (χ2n) is 3.79. The molecule has 1 heterocycles. The molecule has 0 unspecified atom stereocenters. The minimum Gasteiger partial charge on any atom is -0.266 e. The highest BCUT2D eigenvalue weighted by molar-refractivity contribution is 7.91. The zero-order chi connectivity index (χ0) is 15.8. The summed E-state index contributed by atoms with van der Waals surface area (Å²) in [7, 11) is -4.19. The third-order valence-corrected chi connectivity index (χ3v) is 6.21. The van der Waals surface area contributed by atoms with Crippen molar-refractivity contribution < 1.29 is 13.2 Å². The number of nitrogens with zero attached hydrogens (tertiary/aromatic N) is 1. The SMILES string of the molecule is NN(C(=O)c1ccc(Cl)cc1Cl)S(=O)(=O)c1ccc(Cl)s1. The number of hydrogen-bond acceptors (Lipinski definition) is 5. The van der Waals surface area contributed by atoms with Gasteiger partial charge in [-0.3, -0.25) is 4.79 Å². The van der Waals surface area contributed by atoms with Gasteiger partial charge in [0.05, 0.1) is 14.9 Å². The summed E-state index contributed by atoms with van der Waals surface area (Å²) in [6.45, 7) is 0. The van der Waals surface area contributed by atoms with Crippen molar-refractivity contribution in [2.24, 2.45) is 5.84 Å². The molecule has 0 aliphatic heterocycles. The van der Waals surface area contributed by atoms with Crippen LogP contribution in [0.1, 0.15) is 10.4 Å². The van der Waals surface area contributed by atoms with Crippen molar-refractivity contribution in [3.8, 4) is 0 Å². The van der Waals surface area contributed by atoms with Crippen LogP contribution in [0.4, 0.5) is 0 Å². The van der Waals surface area contributed by atoms with Crippen LogP contribution in [0, 0.1) is 0 Å². The third kappa shape index (κ3) is 3.33. The maximum absolute atomic E-state index is 12.2. The van der Waals surface area contributed by atoms with E-state index in [9.17, 15) is 13.2 Å². The average Bonchev–Trinajstić information content (AvgIpc) is 2.84. The molecular formula is C11H7Cl3N2O3S2. The number of sulfonamides is 1. The van der Waals surface area contributed by atoms with Crippen molar-refractivity contribution in [3.05, 3.63) is 50.3 Å². The number of nitrogens with two attached hydrogens (primary N) is 1. The first-order chi connectivity index (χ1) is 9.73. The number of halogens is 3. The number of benzene rings is 1. The molecule has 5 nitrogen and oxygen atoms in total. The van der Waals surface area contributed by atoms with E-state index in [0.29, 0.717) is 5.02 Å². The molecule has 0 aliphatic carbocycles. The zero-order valence-corrected chi connectivity index (χ0v) is 14.0. The molecule has 0 atom stereocenters. The van der Waals surface area contributed by atoms with Crippen molar-refractivity contribution in [1.29, 1.82) is 0 Å². The minimum atomic E-state index is -4.19. The van der Waals surface area contributed by atoms with Gasteiger partial charge in [0.1, 0.15) is 4.21 Å². The monoisotopic (exact) mass is 384 g/mol. The van der Waals surface area contributed by atoms with Crippen molar-refractivity contribution in [3.63, 3.8) is 0 Å². The van der Waals surface area contributed by atoms with Crippen LogP contribution in [0.15, 0.2) is 34.5 Å². The van der Waals surface area contributed by atoms with Crippen LogP contribution in [0.25, 0.3) is 0 Å². The van der Waals surface area contributed by atoms with E-state index in [2.05, 4.69) is 0 Å². The Bertz CT molecular complexity index is 805. The first-order valence-electron chi connectivity index (χ1n) is 5.28. The summed E-state index contributed by atoms with van der Waals surface area (Å²) in [6.07, 6.45) is 0. The lowest BCUT2D eigenvalue weighted by atomic mass is 10.2. The highest BCUT2D eigenvalue weighted by Crippen LogP contribution is 2.29. The van der Waals surface area contributed by atoms with Crippen LogP contribution in [-0.4, -0.2) is 18.7 Å². The molecule has 1 aromatic carbocycles. The molecule has 1 amide bonds. The van der Waals surface area contributed by atoms with Crippen molar-refractivity contribution in [2.45, 2.75) is 4.21 Å². The highest BCUT2D eigenvalue weighted by atomic mass is 35.5. The van der Waals surface area contributed by atoms with Gasteiger partial charge in [-0.1, -0.05) is 34.8 Å². The fraction of sp³-hybridized carbons (Fsp3) is 0. The Morgan fingerprint density at radius 1 is 1.14 bits per heavy atom. The van der Waals surface area contributed by atoms with E-state index in [0.717, 1.165) is 11.3 Å². The standard InChI is InChI=1S/C11H7Cl3N2O3S2/c12-6-1-2-7(8(13)5-6)11(17)16(15)21(18,19)10-4-3-9(14)20-10/h1-5H,15H2. The summed E-state index contributed by atoms with van der Waals surface area (Å²) in [5.41, 5.74) is -0.0743. The van der Waals surface area contributed by atoms with Crippen molar-refractivity contribution in [1.82, 2.24) is 4.41 Å². The van der Waals surface area contributed by atoms with Gasteiger partial charge in [0.15, 0.2) is 0 Å². The maximum atomic E-state index is 12.2. The molecule has 10 heteroatoms. The maximum Gasteiger partial charge on any atom is 0.289 e. The van der Waals surface area contributed by atoms with E-state index < -0.39 is 15.9 Å². The molecular weight excluding hydrogens is 379 g/mol. The van der Waals surface area contributed by atoms with Gasteiger partial charge in [0, 0.05) is 5.02 Å². The highest BCUT2D eigenvalue weighted by Gasteiger charge is 2.30. The number of rotatable bonds is 3. The molecule has 2 aromatic rings. The quantitative estimate of drug-likeness (QED) is 0.499. The van der Waals surface area contributed by atoms with E-state index in [-0.39, 0.29) is 23.5 Å². The average molecular weight is 386 g/mol. The molecule has 21 heavy (non-hydrogen) atoms. The van der Waals surface area contributed by atoms with E-state index in [1.165, 1.54) is 30.3 Å². The molecule has 0 saturated carbocycles. The molecule has 2 N–H and O–H groups in total. The van der Waals surface area contributed by atoms with Gasteiger partial charge in [-0.15, -0.1) is 11.3 Å². The Kier molecular flexibility index (Phi) is 4.82. The molecule has 0 bridgehead atoms. The summed E-state index contributed by atoms with van der Waals surface area (Å²) in [5, 5.41) is 0.315. The van der Waals surface area contributed by atoms with Crippen molar-refractivity contribution >= 4 is 62.1 Å². The van der Waals surface area contributed by atoms with Gasteiger partial charge >= 0.3 is 0 Å². The van der Waals surface area contributed by atoms with Crippen molar-refractivity contribution in [2.75, 3.05) is 0 Å². The van der Waals surface area contributed by atoms with E-state index in [1.807, 2.05) is 0 Å². The number of carbonyl (C=O) groups is 1. The number of carbonyl (C=O) groups excluding carboxylic acids is 1. The van der Waals surface area contributed by atoms with Crippen LogP contribution in [0.5, 0.6) is 0 Å². The summed E-state index contributed by atoms with van der Waals surface area (Å²) in [5.74, 6) is 4.47. The number of hydrogen-bond donors (Lipinski definition) is 1. The van der Waals surface area contributed by atoms with Crippen LogP contribution < -0.4 is 5.84 Å². The van der Waals surface area contributed by atoms with Gasteiger partial charge < -0.3 is 0 Å². The third-order valence-electron chi connectivity index (χ3n) is 2.42. The summed E-state index contributed by atoms with van der Waals surface area (Å²) in [4.78, 5) is 12.2. The van der Waals surface area contributed by atoms with Gasteiger partial charge in [-0.2, -0.15) is 12.8 Å². The number of thiophene rings is 1. The molecule has 0 radical (unpaired) electrons. The summed E-state index contributed by atoms with van der Waals surface area (Å²) in [6, 6.07) is 6.68. The normalized spacial score (nSPS) is 11.4. The van der Waals surface area contributed by atoms with E-state index in [4.69, 9.17) is 40.6 Å². The lowest BCUT2D eigenvalue weighted by Gasteiger charge is -2.16. The van der Waals surface area contributed by atoms with Crippen LogP contribution >= 0.6 is 46.1 Å². The Morgan fingerprint density at radius 3 is 2.33 bits per heavy atom. The largest absolute Gasteiger partial charge is 0.289 e. The fourth-order valence-electron chi connectivity index (χ4n) is 1.42. The van der Waals surface area contributed by atoms with Crippen LogP contribution in [0.2, 0.25) is 14.4 Å². The lowest BCUT2D eigenvalue weighted by Crippen LogP contribution is -2.42. The molecule has 0 spiro atoms. The Balaban J connectivity index is 2.39. The fourth-order valence-corrected chi connectivity index (χ4v) is 4.51. The van der Waals surface area contributed by atoms with Gasteiger partial charge in [-0.25, -0.2) is 5.84 Å². The first-order valence-corrected chi connectivity index (χ1v) is 8.67. The minimum absolute atomic E-state index is 0.00219. The predicted molar refractivity (Wildman–Crippen MR) is 83.3 cm³/mol. The molecule has 1 aromatic heterocycles. The van der Waals surface area contributed by atoms with Gasteiger partial charge in [0.25, 0.3) is 15.9 Å². The summed E-state index contributed by atoms with van der Waals surface area (Å²) >= 11 is 18.1. The van der Waals surface area contributed by atoms with Gasteiger partial charge in [0.2, 0.25) is 0 Å². The van der Waals surface area contributed by atoms with Crippen LogP contribution in [-0.2, 0) is 10.0 Å². The molecule has 2 rings (SSSR count). The number of amides is 1. The zero-order valence-electron chi connectivity index (χ0n) is 10.1. The number of hydrazine groups is 1. The van der Waals surface area contributed by atoms with E-state index in [1.54, 1.807) is 0 Å². The smallest absolute Gasteiger partial charge is 0.266 e. The Labute approximate surface area is 139 Å². The molecule has 112 valence electrons. The van der Waals surface area contributed by atoms with E-state index >= 15 is 0 Å². The topological polar surface area (TPSA) is 80.5 Å².